The van der Waals surface area contributed by atoms with E-state index in [9.17, 15) is 14.0 Å². The summed E-state index contributed by atoms with van der Waals surface area (Å²) in [5, 5.41) is 9.03. The standard InChI is InChI=1S/C21H15ClFN3O4/c22-15-3-4-18(30-17-11-14(2-1-6-24)10-16(23)13-17)19(12-15)29-9-8-26-7-5-20(27)25-21(26)28/h1-5,7,10-13H,8-9H2,(H,25,27,28)/b2-1+. The van der Waals surface area contributed by atoms with Gasteiger partial charge in [-0.05, 0) is 35.9 Å². The van der Waals surface area contributed by atoms with Gasteiger partial charge in [-0.15, -0.1) is 0 Å². The first-order valence-electron chi connectivity index (χ1n) is 8.71. The highest BCUT2D eigenvalue weighted by molar-refractivity contribution is 6.30. The zero-order chi connectivity index (χ0) is 21.5. The molecule has 2 aromatic carbocycles. The number of nitrogens with zero attached hydrogens (tertiary/aromatic N) is 2. The van der Waals surface area contributed by atoms with Crippen LogP contribution in [-0.4, -0.2) is 16.2 Å². The molecule has 0 unspecified atom stereocenters. The average molecular weight is 428 g/mol. The maximum Gasteiger partial charge on any atom is 0.328 e. The number of hydrogen-bond acceptors (Lipinski definition) is 5. The Morgan fingerprint density at radius 3 is 2.77 bits per heavy atom. The lowest BCUT2D eigenvalue weighted by Crippen LogP contribution is -2.30. The molecule has 0 fully saturated rings. The molecule has 0 bridgehead atoms. The second kappa shape index (κ2) is 9.58. The Labute approximate surface area is 175 Å². The van der Waals surface area contributed by atoms with Crippen molar-refractivity contribution in [1.29, 1.82) is 5.26 Å². The molecule has 0 aliphatic rings. The van der Waals surface area contributed by atoms with Gasteiger partial charge in [-0.3, -0.25) is 14.3 Å². The first-order chi connectivity index (χ1) is 14.4. The van der Waals surface area contributed by atoms with Crippen molar-refractivity contribution in [1.82, 2.24) is 9.55 Å². The van der Waals surface area contributed by atoms with Gasteiger partial charge < -0.3 is 9.47 Å². The highest BCUT2D eigenvalue weighted by Gasteiger charge is 2.10. The zero-order valence-corrected chi connectivity index (χ0v) is 16.2. The van der Waals surface area contributed by atoms with Crippen LogP contribution in [0.4, 0.5) is 4.39 Å². The summed E-state index contributed by atoms with van der Waals surface area (Å²) in [6, 6.07) is 11.8. The predicted octanol–water partition coefficient (Wildman–Crippen LogP) is 3.74. The van der Waals surface area contributed by atoms with Crippen LogP contribution in [0.3, 0.4) is 0 Å². The fourth-order valence-corrected chi connectivity index (χ4v) is 2.72. The van der Waals surface area contributed by atoms with Gasteiger partial charge in [0.1, 0.15) is 18.2 Å². The van der Waals surface area contributed by atoms with Crippen LogP contribution < -0.4 is 20.7 Å². The number of ether oxygens (including phenoxy) is 2. The van der Waals surface area contributed by atoms with E-state index in [0.29, 0.717) is 16.3 Å². The van der Waals surface area contributed by atoms with E-state index in [4.69, 9.17) is 26.3 Å². The number of aromatic nitrogens is 2. The highest BCUT2D eigenvalue weighted by atomic mass is 35.5. The van der Waals surface area contributed by atoms with E-state index >= 15 is 0 Å². The number of nitrogens with one attached hydrogen (secondary N) is 1. The Morgan fingerprint density at radius 1 is 1.17 bits per heavy atom. The van der Waals surface area contributed by atoms with Crippen LogP contribution in [0.5, 0.6) is 17.2 Å². The number of hydrogen-bond donors (Lipinski definition) is 1. The van der Waals surface area contributed by atoms with E-state index in [1.54, 1.807) is 18.2 Å². The fourth-order valence-electron chi connectivity index (χ4n) is 2.55. The lowest BCUT2D eigenvalue weighted by atomic mass is 10.2. The topological polar surface area (TPSA) is 97.1 Å². The first-order valence-corrected chi connectivity index (χ1v) is 9.09. The van der Waals surface area contributed by atoms with Crippen molar-refractivity contribution in [3.63, 3.8) is 0 Å². The lowest BCUT2D eigenvalue weighted by Gasteiger charge is -2.14. The van der Waals surface area contributed by atoms with E-state index in [1.807, 2.05) is 6.07 Å². The lowest BCUT2D eigenvalue weighted by molar-refractivity contribution is 0.283. The summed E-state index contributed by atoms with van der Waals surface area (Å²) >= 11 is 6.04. The van der Waals surface area contributed by atoms with Gasteiger partial charge in [-0.1, -0.05) is 11.6 Å². The Balaban J connectivity index is 1.78. The third-order valence-corrected chi connectivity index (χ3v) is 4.10. The van der Waals surface area contributed by atoms with Crippen LogP contribution in [0.2, 0.25) is 5.02 Å². The van der Waals surface area contributed by atoms with Crippen LogP contribution >= 0.6 is 11.6 Å². The molecule has 0 aliphatic carbocycles. The number of nitriles is 1. The quantitative estimate of drug-likeness (QED) is 0.579. The van der Waals surface area contributed by atoms with Crippen molar-refractivity contribution < 1.29 is 13.9 Å². The number of rotatable bonds is 7. The first kappa shape index (κ1) is 20.9. The van der Waals surface area contributed by atoms with Gasteiger partial charge in [-0.25, -0.2) is 9.18 Å². The van der Waals surface area contributed by atoms with E-state index in [1.165, 1.54) is 47.2 Å². The largest absolute Gasteiger partial charge is 0.488 e. The molecule has 7 nitrogen and oxygen atoms in total. The molecule has 152 valence electrons. The van der Waals surface area contributed by atoms with Crippen molar-refractivity contribution >= 4 is 17.7 Å². The van der Waals surface area contributed by atoms with Gasteiger partial charge in [0.2, 0.25) is 0 Å². The molecule has 9 heteroatoms. The number of halogens is 2. The zero-order valence-electron chi connectivity index (χ0n) is 15.5. The second-order valence-corrected chi connectivity index (χ2v) is 6.46. The molecule has 30 heavy (non-hydrogen) atoms. The highest BCUT2D eigenvalue weighted by Crippen LogP contribution is 2.34. The minimum absolute atomic E-state index is 0.0853. The second-order valence-electron chi connectivity index (χ2n) is 6.03. The maximum atomic E-state index is 13.9. The summed E-state index contributed by atoms with van der Waals surface area (Å²) in [7, 11) is 0. The van der Waals surface area contributed by atoms with Crippen LogP contribution in [0, 0.1) is 17.1 Å². The molecule has 3 aromatic rings. The Hall–Kier alpha value is -3.83. The van der Waals surface area contributed by atoms with Gasteiger partial charge in [0.05, 0.1) is 12.6 Å². The van der Waals surface area contributed by atoms with E-state index in [-0.39, 0.29) is 24.7 Å². The van der Waals surface area contributed by atoms with Crippen LogP contribution in [0.15, 0.2) is 64.3 Å². The third-order valence-electron chi connectivity index (χ3n) is 3.86. The molecule has 0 spiro atoms. The Kier molecular flexibility index (Phi) is 6.67. The minimum Gasteiger partial charge on any atom is -0.488 e. The smallest absolute Gasteiger partial charge is 0.328 e. The number of aromatic amines is 1. The fraction of sp³-hybridized carbons (Fsp3) is 0.0952. The SMILES string of the molecule is N#C/C=C/c1cc(F)cc(Oc2ccc(Cl)cc2OCCn2ccc(=O)[nH]c2=O)c1. The molecule has 0 atom stereocenters. The molecule has 0 amide bonds. The molecule has 1 heterocycles. The minimum atomic E-state index is -0.550. The van der Waals surface area contributed by atoms with Crippen molar-refractivity contribution in [3.05, 3.63) is 92.0 Å². The van der Waals surface area contributed by atoms with Crippen molar-refractivity contribution in [3.8, 4) is 23.3 Å². The number of H-pyrrole nitrogens is 1. The van der Waals surface area contributed by atoms with Crippen LogP contribution in [-0.2, 0) is 6.54 Å². The summed E-state index contributed by atoms with van der Waals surface area (Å²) in [5.41, 5.74) is -0.575. The maximum absolute atomic E-state index is 13.9. The summed E-state index contributed by atoms with van der Waals surface area (Å²) in [6.45, 7) is 0.257. The van der Waals surface area contributed by atoms with Crippen LogP contribution in [0.25, 0.3) is 6.08 Å². The molecule has 0 saturated heterocycles. The predicted molar refractivity (Wildman–Crippen MR) is 109 cm³/mol. The average Bonchev–Trinajstić information content (AvgIpc) is 2.69. The molecule has 1 N–H and O–H groups in total. The molecule has 0 radical (unpaired) electrons. The summed E-state index contributed by atoms with van der Waals surface area (Å²) in [6.07, 6.45) is 4.05. The van der Waals surface area contributed by atoms with E-state index < -0.39 is 17.1 Å². The van der Waals surface area contributed by atoms with Crippen LogP contribution in [0.1, 0.15) is 5.56 Å². The van der Waals surface area contributed by atoms with Gasteiger partial charge in [0.25, 0.3) is 5.56 Å². The van der Waals surface area contributed by atoms with Gasteiger partial charge in [-0.2, -0.15) is 5.26 Å². The molecular formula is C21H15ClFN3O4. The Bertz CT molecular complexity index is 1240. The van der Waals surface area contributed by atoms with E-state index in [0.717, 1.165) is 0 Å². The number of allylic oxidation sites excluding steroid dienone is 1. The Morgan fingerprint density at radius 2 is 2.00 bits per heavy atom. The summed E-state index contributed by atoms with van der Waals surface area (Å²) in [4.78, 5) is 25.0. The molecule has 0 saturated carbocycles. The summed E-state index contributed by atoms with van der Waals surface area (Å²) < 4.78 is 26.6. The van der Waals surface area contributed by atoms with Gasteiger partial charge >= 0.3 is 5.69 Å². The molecule has 0 aliphatic heterocycles. The molecular weight excluding hydrogens is 413 g/mol. The normalized spacial score (nSPS) is 10.7. The monoisotopic (exact) mass is 427 g/mol. The van der Waals surface area contributed by atoms with Gasteiger partial charge in [0, 0.05) is 35.5 Å². The van der Waals surface area contributed by atoms with E-state index in [2.05, 4.69) is 4.98 Å². The van der Waals surface area contributed by atoms with Crippen molar-refractivity contribution in [2.24, 2.45) is 0 Å². The van der Waals surface area contributed by atoms with Crippen molar-refractivity contribution in [2.45, 2.75) is 6.54 Å². The summed E-state index contributed by atoms with van der Waals surface area (Å²) in [5.74, 6) is 0.253. The van der Waals surface area contributed by atoms with Gasteiger partial charge in [0.15, 0.2) is 11.5 Å². The number of benzene rings is 2. The third kappa shape index (κ3) is 5.59. The molecule has 1 aromatic heterocycles. The van der Waals surface area contributed by atoms with Crippen molar-refractivity contribution in [2.75, 3.05) is 6.61 Å². The molecule has 3 rings (SSSR count).